The van der Waals surface area contributed by atoms with Crippen molar-refractivity contribution >= 4 is 23.3 Å². The molecule has 0 unspecified atom stereocenters. The summed E-state index contributed by atoms with van der Waals surface area (Å²) in [5.41, 5.74) is 2.81. The van der Waals surface area contributed by atoms with E-state index in [4.69, 9.17) is 0 Å². The number of para-hydroxylation sites is 1. The van der Waals surface area contributed by atoms with Crippen LogP contribution in [0.25, 0.3) is 17.0 Å². The third-order valence-corrected chi connectivity index (χ3v) is 2.58. The van der Waals surface area contributed by atoms with Gasteiger partial charge in [-0.05, 0) is 35.8 Å². The molecular weight excluding hydrogens is 198 g/mol. The van der Waals surface area contributed by atoms with Crippen LogP contribution in [0.1, 0.15) is 18.9 Å². The van der Waals surface area contributed by atoms with Gasteiger partial charge in [0.2, 0.25) is 0 Å². The number of allylic oxidation sites excluding steroid dienone is 1. The van der Waals surface area contributed by atoms with Gasteiger partial charge in [-0.3, -0.25) is 9.78 Å². The van der Waals surface area contributed by atoms with Gasteiger partial charge in [-0.1, -0.05) is 25.1 Å². The van der Waals surface area contributed by atoms with Crippen molar-refractivity contribution in [3.63, 3.8) is 0 Å². The Hall–Kier alpha value is -1.96. The number of nitrogens with zero attached hydrogens (tertiary/aromatic N) is 1. The fourth-order valence-corrected chi connectivity index (χ4v) is 1.66. The first-order valence-electron chi connectivity index (χ1n) is 5.34. The second-order valence-electron chi connectivity index (χ2n) is 3.61. The van der Waals surface area contributed by atoms with Crippen LogP contribution in [0.15, 0.2) is 42.1 Å². The van der Waals surface area contributed by atoms with Crippen LogP contribution in [0.4, 0.5) is 0 Å². The lowest BCUT2D eigenvalue weighted by molar-refractivity contribution is -0.104. The molecule has 0 aliphatic heterocycles. The van der Waals surface area contributed by atoms with Crippen molar-refractivity contribution in [3.8, 4) is 0 Å². The topological polar surface area (TPSA) is 30.0 Å². The van der Waals surface area contributed by atoms with Crippen LogP contribution in [0, 0.1) is 0 Å². The maximum Gasteiger partial charge on any atom is 0.146 e. The molecule has 0 bridgehead atoms. The maximum atomic E-state index is 10.8. The van der Waals surface area contributed by atoms with Crippen molar-refractivity contribution < 1.29 is 4.79 Å². The van der Waals surface area contributed by atoms with E-state index in [1.165, 1.54) is 0 Å². The second-order valence-corrected chi connectivity index (χ2v) is 3.61. The van der Waals surface area contributed by atoms with Gasteiger partial charge in [0, 0.05) is 11.6 Å². The summed E-state index contributed by atoms with van der Waals surface area (Å²) in [6.45, 7) is 1.98. The predicted octanol–water partition coefficient (Wildman–Crippen LogP) is 3.23. The van der Waals surface area contributed by atoms with Gasteiger partial charge in [-0.25, -0.2) is 0 Å². The van der Waals surface area contributed by atoms with E-state index < -0.39 is 0 Å². The molecule has 0 N–H and O–H groups in total. The monoisotopic (exact) mass is 211 g/mol. The Morgan fingerprint density at radius 3 is 2.88 bits per heavy atom. The molecule has 0 fully saturated rings. The van der Waals surface area contributed by atoms with Crippen LogP contribution in [-0.4, -0.2) is 11.3 Å². The molecule has 1 heterocycles. The molecule has 0 saturated carbocycles. The van der Waals surface area contributed by atoms with Crippen molar-refractivity contribution in [2.45, 2.75) is 13.3 Å². The largest absolute Gasteiger partial charge is 0.298 e. The molecule has 0 atom stereocenters. The number of benzene rings is 1. The highest BCUT2D eigenvalue weighted by molar-refractivity contribution is 5.91. The number of aromatic nitrogens is 1. The van der Waals surface area contributed by atoms with Crippen LogP contribution in [-0.2, 0) is 4.79 Å². The van der Waals surface area contributed by atoms with E-state index >= 15 is 0 Å². The smallest absolute Gasteiger partial charge is 0.146 e. The van der Waals surface area contributed by atoms with Crippen molar-refractivity contribution in [3.05, 3.63) is 47.7 Å². The Morgan fingerprint density at radius 2 is 2.12 bits per heavy atom. The molecule has 1 aromatic carbocycles. The molecule has 0 spiro atoms. The van der Waals surface area contributed by atoms with Crippen molar-refractivity contribution in [2.75, 3.05) is 0 Å². The zero-order chi connectivity index (χ0) is 11.4. The number of aldehydes is 1. The molecule has 0 amide bonds. The summed E-state index contributed by atoms with van der Waals surface area (Å²) < 4.78 is 0. The third-order valence-electron chi connectivity index (χ3n) is 2.58. The normalized spacial score (nSPS) is 11.7. The molecular formula is C14H13NO. The van der Waals surface area contributed by atoms with Crippen LogP contribution < -0.4 is 0 Å². The van der Waals surface area contributed by atoms with E-state index in [2.05, 4.69) is 4.98 Å². The van der Waals surface area contributed by atoms with E-state index in [1.54, 1.807) is 6.20 Å². The fraction of sp³-hybridized carbons (Fsp3) is 0.143. The van der Waals surface area contributed by atoms with Crippen LogP contribution in [0.3, 0.4) is 0 Å². The second kappa shape index (κ2) is 4.71. The summed E-state index contributed by atoms with van der Waals surface area (Å²) >= 11 is 0. The molecule has 0 aliphatic carbocycles. The quantitative estimate of drug-likeness (QED) is 0.576. The Labute approximate surface area is 94.6 Å². The Morgan fingerprint density at radius 1 is 1.31 bits per heavy atom. The van der Waals surface area contributed by atoms with Gasteiger partial charge in [-0.2, -0.15) is 0 Å². The SMILES string of the molecule is CCC(C=O)=Cc1ccnc2ccccc12. The Bertz CT molecular complexity index is 538. The third kappa shape index (κ3) is 2.01. The van der Waals surface area contributed by atoms with E-state index in [9.17, 15) is 4.79 Å². The molecule has 2 nitrogen and oxygen atoms in total. The first-order valence-corrected chi connectivity index (χ1v) is 5.34. The molecule has 80 valence electrons. The number of carbonyl (C=O) groups is 1. The van der Waals surface area contributed by atoms with Gasteiger partial charge in [-0.15, -0.1) is 0 Å². The molecule has 2 aromatic rings. The lowest BCUT2D eigenvalue weighted by Crippen LogP contribution is -1.85. The van der Waals surface area contributed by atoms with Gasteiger partial charge >= 0.3 is 0 Å². The average molecular weight is 211 g/mol. The first-order chi connectivity index (χ1) is 7.85. The van der Waals surface area contributed by atoms with Gasteiger partial charge in [0.15, 0.2) is 0 Å². The first kappa shape index (κ1) is 10.6. The van der Waals surface area contributed by atoms with Crippen molar-refractivity contribution in [1.29, 1.82) is 0 Å². The molecule has 0 aliphatic rings. The molecule has 2 rings (SSSR count). The summed E-state index contributed by atoms with van der Waals surface area (Å²) in [5, 5.41) is 1.08. The minimum atomic E-state index is 0.750. The lowest BCUT2D eigenvalue weighted by Gasteiger charge is -2.02. The van der Waals surface area contributed by atoms with E-state index in [0.29, 0.717) is 0 Å². The summed E-state index contributed by atoms with van der Waals surface area (Å²) in [6.07, 6.45) is 5.36. The summed E-state index contributed by atoms with van der Waals surface area (Å²) in [7, 11) is 0. The predicted molar refractivity (Wildman–Crippen MR) is 66.1 cm³/mol. The number of hydrogen-bond acceptors (Lipinski definition) is 2. The highest BCUT2D eigenvalue weighted by atomic mass is 16.1. The number of fused-ring (bicyclic) bond motifs is 1. The van der Waals surface area contributed by atoms with Gasteiger partial charge in [0.25, 0.3) is 0 Å². The lowest BCUT2D eigenvalue weighted by atomic mass is 10.1. The highest BCUT2D eigenvalue weighted by Crippen LogP contribution is 2.19. The van der Waals surface area contributed by atoms with E-state index in [0.717, 1.165) is 34.7 Å². The number of hydrogen-bond donors (Lipinski definition) is 0. The minimum absolute atomic E-state index is 0.750. The zero-order valence-electron chi connectivity index (χ0n) is 9.18. The minimum Gasteiger partial charge on any atom is -0.298 e. The summed E-state index contributed by atoms with van der Waals surface area (Å²) in [6, 6.07) is 9.87. The number of pyridine rings is 1. The van der Waals surface area contributed by atoms with Crippen LogP contribution in [0.2, 0.25) is 0 Å². The number of carbonyl (C=O) groups excluding carboxylic acids is 1. The zero-order valence-corrected chi connectivity index (χ0v) is 9.18. The van der Waals surface area contributed by atoms with Crippen molar-refractivity contribution in [1.82, 2.24) is 4.98 Å². The molecule has 0 saturated heterocycles. The van der Waals surface area contributed by atoms with Gasteiger partial charge < -0.3 is 0 Å². The Balaban J connectivity index is 2.60. The molecule has 2 heteroatoms. The van der Waals surface area contributed by atoms with E-state index in [1.807, 2.05) is 43.3 Å². The molecule has 1 aromatic heterocycles. The van der Waals surface area contributed by atoms with Crippen LogP contribution >= 0.6 is 0 Å². The van der Waals surface area contributed by atoms with Gasteiger partial charge in [0.1, 0.15) is 6.29 Å². The molecule has 0 radical (unpaired) electrons. The number of rotatable bonds is 3. The highest BCUT2D eigenvalue weighted by Gasteiger charge is 1.99. The fourth-order valence-electron chi connectivity index (χ4n) is 1.66. The molecule has 16 heavy (non-hydrogen) atoms. The van der Waals surface area contributed by atoms with Crippen molar-refractivity contribution in [2.24, 2.45) is 0 Å². The summed E-state index contributed by atoms with van der Waals surface area (Å²) in [4.78, 5) is 15.1. The standard InChI is InChI=1S/C14H13NO/c1-2-11(10-16)9-12-7-8-15-14-6-4-3-5-13(12)14/h3-10H,2H2,1H3. The van der Waals surface area contributed by atoms with E-state index in [-0.39, 0.29) is 0 Å². The van der Waals surface area contributed by atoms with Gasteiger partial charge in [0.05, 0.1) is 5.52 Å². The van der Waals surface area contributed by atoms with Crippen LogP contribution in [0.5, 0.6) is 0 Å². The maximum absolute atomic E-state index is 10.8. The summed E-state index contributed by atoms with van der Waals surface area (Å²) in [5.74, 6) is 0. The Kier molecular flexibility index (Phi) is 3.10. The average Bonchev–Trinajstić information content (AvgIpc) is 2.36.